The molecule has 2 heterocycles. The molecule has 2 aromatic heterocycles. The summed E-state index contributed by atoms with van der Waals surface area (Å²) in [5, 5.41) is 14.5. The molecule has 0 fully saturated rings. The molecular weight excluding hydrogens is 528 g/mol. The molecule has 8 nitrogen and oxygen atoms in total. The number of amides is 2. The SMILES string of the molecule is CCOC(=O)c1c(NC(=O)C(C)Sc2nnc(NC(=O)c3cccc(Cl)c3)s2)sc2c1CCCC2. The molecule has 0 saturated carbocycles. The van der Waals surface area contributed by atoms with Crippen molar-refractivity contribution in [3.63, 3.8) is 0 Å². The molecule has 184 valence electrons. The third-order valence-electron chi connectivity index (χ3n) is 5.25. The molecule has 1 aliphatic carbocycles. The number of hydrogen-bond donors (Lipinski definition) is 2. The van der Waals surface area contributed by atoms with Gasteiger partial charge in [0.1, 0.15) is 5.00 Å². The Labute approximate surface area is 219 Å². The Kier molecular flexibility index (Phi) is 8.42. The molecule has 1 aromatic carbocycles. The van der Waals surface area contributed by atoms with Crippen LogP contribution in [0.15, 0.2) is 28.6 Å². The second kappa shape index (κ2) is 11.5. The molecule has 0 spiro atoms. The van der Waals surface area contributed by atoms with Gasteiger partial charge in [-0.15, -0.1) is 21.5 Å². The van der Waals surface area contributed by atoms with Crippen molar-refractivity contribution >= 4 is 74.0 Å². The summed E-state index contributed by atoms with van der Waals surface area (Å²) >= 11 is 9.79. The van der Waals surface area contributed by atoms with Gasteiger partial charge in [0.25, 0.3) is 5.91 Å². The number of benzene rings is 1. The highest BCUT2D eigenvalue weighted by atomic mass is 35.5. The first-order chi connectivity index (χ1) is 16.9. The van der Waals surface area contributed by atoms with Crippen LogP contribution >= 0.6 is 46.0 Å². The van der Waals surface area contributed by atoms with Gasteiger partial charge >= 0.3 is 5.97 Å². The summed E-state index contributed by atoms with van der Waals surface area (Å²) in [6.07, 6.45) is 3.81. The number of nitrogens with zero attached hydrogens (tertiary/aromatic N) is 2. The van der Waals surface area contributed by atoms with Crippen molar-refractivity contribution in [2.24, 2.45) is 0 Å². The number of carbonyl (C=O) groups is 3. The number of thiophene rings is 1. The fourth-order valence-electron chi connectivity index (χ4n) is 3.60. The van der Waals surface area contributed by atoms with Gasteiger partial charge in [-0.3, -0.25) is 14.9 Å². The number of aromatic nitrogens is 2. The fourth-order valence-corrected chi connectivity index (χ4v) is 6.96. The number of carbonyl (C=O) groups excluding carboxylic acids is 3. The van der Waals surface area contributed by atoms with Gasteiger partial charge in [-0.1, -0.05) is 40.8 Å². The fraction of sp³-hybridized carbons (Fsp3) is 0.348. The minimum absolute atomic E-state index is 0.251. The molecule has 3 aromatic rings. The van der Waals surface area contributed by atoms with E-state index in [0.29, 0.717) is 30.6 Å². The number of rotatable bonds is 8. The maximum absolute atomic E-state index is 13.0. The van der Waals surface area contributed by atoms with Crippen molar-refractivity contribution < 1.29 is 19.1 Å². The second-order valence-corrected chi connectivity index (χ2v) is 11.8. The minimum Gasteiger partial charge on any atom is -0.462 e. The number of hydrogen-bond acceptors (Lipinski definition) is 9. The molecule has 2 amide bonds. The Morgan fingerprint density at radius 1 is 1.17 bits per heavy atom. The zero-order chi connectivity index (χ0) is 24.9. The first-order valence-corrected chi connectivity index (χ1v) is 13.9. The monoisotopic (exact) mass is 550 g/mol. The van der Waals surface area contributed by atoms with Crippen LogP contribution in [0.1, 0.15) is 57.8 Å². The van der Waals surface area contributed by atoms with Gasteiger partial charge in [-0.25, -0.2) is 4.79 Å². The van der Waals surface area contributed by atoms with Crippen LogP contribution < -0.4 is 10.6 Å². The number of nitrogens with one attached hydrogen (secondary N) is 2. The van der Waals surface area contributed by atoms with Crippen LogP contribution in [-0.2, 0) is 22.4 Å². The van der Waals surface area contributed by atoms with Crippen LogP contribution in [0.2, 0.25) is 5.02 Å². The highest BCUT2D eigenvalue weighted by molar-refractivity contribution is 8.02. The summed E-state index contributed by atoms with van der Waals surface area (Å²) in [5.74, 6) is -0.996. The molecule has 0 bridgehead atoms. The van der Waals surface area contributed by atoms with Crippen molar-refractivity contribution in [3.8, 4) is 0 Å². The van der Waals surface area contributed by atoms with Gasteiger partial charge in [0.05, 0.1) is 17.4 Å². The summed E-state index contributed by atoms with van der Waals surface area (Å²) in [4.78, 5) is 39.1. The first kappa shape index (κ1) is 25.6. The molecule has 1 aliphatic rings. The molecule has 0 aliphatic heterocycles. The average molecular weight is 551 g/mol. The Morgan fingerprint density at radius 3 is 2.74 bits per heavy atom. The van der Waals surface area contributed by atoms with E-state index < -0.39 is 11.2 Å². The Morgan fingerprint density at radius 2 is 1.97 bits per heavy atom. The minimum atomic E-state index is -0.506. The van der Waals surface area contributed by atoms with Gasteiger partial charge < -0.3 is 10.1 Å². The normalized spacial score (nSPS) is 13.6. The van der Waals surface area contributed by atoms with Gasteiger partial charge in [0.15, 0.2) is 4.34 Å². The third-order valence-corrected chi connectivity index (χ3v) is 8.71. The van der Waals surface area contributed by atoms with Crippen molar-refractivity contribution in [1.29, 1.82) is 0 Å². The van der Waals surface area contributed by atoms with E-state index in [4.69, 9.17) is 16.3 Å². The summed E-state index contributed by atoms with van der Waals surface area (Å²) in [6.45, 7) is 3.79. The quantitative estimate of drug-likeness (QED) is 0.211. The summed E-state index contributed by atoms with van der Waals surface area (Å²) in [7, 11) is 0. The predicted octanol–water partition coefficient (Wildman–Crippen LogP) is 5.68. The van der Waals surface area contributed by atoms with Crippen LogP contribution in [0.3, 0.4) is 0 Å². The van der Waals surface area contributed by atoms with Crippen LogP contribution in [0.4, 0.5) is 10.1 Å². The van der Waals surface area contributed by atoms with Crippen LogP contribution in [0.5, 0.6) is 0 Å². The van der Waals surface area contributed by atoms with Crippen molar-refractivity contribution in [2.45, 2.75) is 49.1 Å². The molecule has 2 N–H and O–H groups in total. The lowest BCUT2D eigenvalue weighted by atomic mass is 9.95. The molecular formula is C23H23ClN4O4S3. The van der Waals surface area contributed by atoms with Gasteiger partial charge in [-0.2, -0.15) is 0 Å². The lowest BCUT2D eigenvalue weighted by Gasteiger charge is -2.13. The number of halogens is 1. The van der Waals surface area contributed by atoms with E-state index in [0.717, 1.165) is 36.1 Å². The standard InChI is InChI=1S/C23H23ClN4O4S3/c1-3-32-21(31)17-15-9-4-5-10-16(15)34-20(17)25-18(29)12(2)33-23-28-27-22(35-23)26-19(30)13-7-6-8-14(24)11-13/h6-8,11-12H,3-5,9-10H2,1-2H3,(H,25,29)(H,26,27,30). The lowest BCUT2D eigenvalue weighted by Crippen LogP contribution is -2.23. The van der Waals surface area contributed by atoms with Crippen LogP contribution in [-0.4, -0.2) is 39.8 Å². The van der Waals surface area contributed by atoms with Crippen LogP contribution in [0, 0.1) is 0 Å². The average Bonchev–Trinajstić information content (AvgIpc) is 3.42. The second-order valence-electron chi connectivity index (χ2n) is 7.72. The van der Waals surface area contributed by atoms with Crippen molar-refractivity contribution in [3.05, 3.63) is 50.9 Å². The molecule has 1 atom stereocenters. The zero-order valence-corrected chi connectivity index (χ0v) is 22.3. The van der Waals surface area contributed by atoms with Gasteiger partial charge in [0.2, 0.25) is 11.0 Å². The van der Waals surface area contributed by atoms with Gasteiger partial charge in [0, 0.05) is 15.5 Å². The highest BCUT2D eigenvalue weighted by Crippen LogP contribution is 2.39. The zero-order valence-electron chi connectivity index (χ0n) is 19.1. The Hall–Kier alpha value is -2.47. The maximum Gasteiger partial charge on any atom is 0.341 e. The number of ether oxygens (including phenoxy) is 1. The van der Waals surface area contributed by atoms with E-state index in [-0.39, 0.29) is 18.4 Å². The number of aryl methyl sites for hydroxylation is 1. The largest absolute Gasteiger partial charge is 0.462 e. The molecule has 0 saturated heterocycles. The van der Waals surface area contributed by atoms with E-state index in [2.05, 4.69) is 20.8 Å². The van der Waals surface area contributed by atoms with E-state index in [1.807, 2.05) is 0 Å². The van der Waals surface area contributed by atoms with E-state index in [1.165, 1.54) is 34.4 Å². The van der Waals surface area contributed by atoms with Crippen molar-refractivity contribution in [2.75, 3.05) is 17.2 Å². The maximum atomic E-state index is 13.0. The molecule has 4 rings (SSSR count). The third kappa shape index (κ3) is 6.21. The van der Waals surface area contributed by atoms with E-state index in [1.54, 1.807) is 38.1 Å². The molecule has 0 radical (unpaired) electrons. The smallest absolute Gasteiger partial charge is 0.341 e. The highest BCUT2D eigenvalue weighted by Gasteiger charge is 2.28. The molecule has 1 unspecified atom stereocenters. The predicted molar refractivity (Wildman–Crippen MR) is 140 cm³/mol. The number of thioether (sulfide) groups is 1. The molecule has 12 heteroatoms. The lowest BCUT2D eigenvalue weighted by molar-refractivity contribution is -0.115. The van der Waals surface area contributed by atoms with E-state index in [9.17, 15) is 14.4 Å². The number of fused-ring (bicyclic) bond motifs is 1. The number of esters is 1. The topological polar surface area (TPSA) is 110 Å². The molecule has 35 heavy (non-hydrogen) atoms. The summed E-state index contributed by atoms with van der Waals surface area (Å²) in [6, 6.07) is 6.59. The van der Waals surface area contributed by atoms with Crippen LogP contribution in [0.25, 0.3) is 0 Å². The van der Waals surface area contributed by atoms with Crippen molar-refractivity contribution in [1.82, 2.24) is 10.2 Å². The number of anilines is 2. The Bertz CT molecular complexity index is 1260. The van der Waals surface area contributed by atoms with E-state index >= 15 is 0 Å². The Balaban J connectivity index is 1.41. The van der Waals surface area contributed by atoms with Gasteiger partial charge in [-0.05, 0) is 63.3 Å². The summed E-state index contributed by atoms with van der Waals surface area (Å²) in [5.41, 5.74) is 1.89. The first-order valence-electron chi connectivity index (χ1n) is 11.0. The summed E-state index contributed by atoms with van der Waals surface area (Å²) < 4.78 is 5.79.